The van der Waals surface area contributed by atoms with Gasteiger partial charge in [0.25, 0.3) is 0 Å². The first-order valence-corrected chi connectivity index (χ1v) is 8.28. The Bertz CT molecular complexity index is 780. The molecular formula is C17H16BrN3S. The molecule has 0 aliphatic heterocycles. The average Bonchev–Trinajstić information content (AvgIpc) is 2.93. The van der Waals surface area contributed by atoms with Gasteiger partial charge in [-0.1, -0.05) is 34.1 Å². The minimum absolute atomic E-state index is 0.641. The number of halogens is 1. The molecule has 3 aromatic rings. The number of hydrogen-bond donors (Lipinski definition) is 3. The van der Waals surface area contributed by atoms with E-state index in [-0.39, 0.29) is 0 Å². The molecule has 0 saturated heterocycles. The van der Waals surface area contributed by atoms with Gasteiger partial charge in [0.15, 0.2) is 5.11 Å². The molecule has 112 valence electrons. The molecule has 0 bridgehead atoms. The van der Waals surface area contributed by atoms with Gasteiger partial charge in [0.05, 0.1) is 0 Å². The number of hydrogen-bond acceptors (Lipinski definition) is 1. The van der Waals surface area contributed by atoms with Crippen LogP contribution in [0, 0.1) is 0 Å². The summed E-state index contributed by atoms with van der Waals surface area (Å²) in [4.78, 5) is 3.29. The Kier molecular flexibility index (Phi) is 4.75. The van der Waals surface area contributed by atoms with Gasteiger partial charge in [-0.15, -0.1) is 0 Å². The number of rotatable bonds is 4. The second-order valence-corrected chi connectivity index (χ2v) is 6.32. The number of para-hydroxylation sites is 1. The fourth-order valence-corrected chi connectivity index (χ4v) is 2.84. The molecule has 22 heavy (non-hydrogen) atoms. The zero-order chi connectivity index (χ0) is 15.4. The van der Waals surface area contributed by atoms with Crippen molar-refractivity contribution in [3.05, 3.63) is 64.8 Å². The lowest BCUT2D eigenvalue weighted by Gasteiger charge is -2.10. The molecular weight excluding hydrogens is 358 g/mol. The van der Waals surface area contributed by atoms with Crippen molar-refractivity contribution in [1.82, 2.24) is 10.3 Å². The van der Waals surface area contributed by atoms with Crippen LogP contribution in [-0.2, 0) is 6.42 Å². The normalized spacial score (nSPS) is 10.6. The third-order valence-electron chi connectivity index (χ3n) is 3.46. The second kappa shape index (κ2) is 6.94. The van der Waals surface area contributed by atoms with E-state index in [4.69, 9.17) is 12.2 Å². The van der Waals surface area contributed by atoms with E-state index in [0.29, 0.717) is 5.11 Å². The van der Waals surface area contributed by atoms with E-state index in [2.05, 4.69) is 55.9 Å². The highest BCUT2D eigenvalue weighted by Gasteiger charge is 2.03. The summed E-state index contributed by atoms with van der Waals surface area (Å²) in [6.07, 6.45) is 2.99. The minimum atomic E-state index is 0.641. The van der Waals surface area contributed by atoms with E-state index in [0.717, 1.165) is 23.1 Å². The molecule has 0 aliphatic carbocycles. The molecule has 0 spiro atoms. The minimum Gasteiger partial charge on any atom is -0.362 e. The van der Waals surface area contributed by atoms with Crippen LogP contribution in [0.5, 0.6) is 0 Å². The fraction of sp³-hybridized carbons (Fsp3) is 0.118. The molecule has 1 heterocycles. The van der Waals surface area contributed by atoms with Crippen molar-refractivity contribution in [2.24, 2.45) is 0 Å². The SMILES string of the molecule is S=C(NCCc1c[nH]c2ccccc12)Nc1ccc(Br)cc1. The third-order valence-corrected chi connectivity index (χ3v) is 4.23. The fourth-order valence-electron chi connectivity index (χ4n) is 2.36. The first kappa shape index (κ1) is 15.1. The molecule has 1 aromatic heterocycles. The second-order valence-electron chi connectivity index (χ2n) is 5.00. The smallest absolute Gasteiger partial charge is 0.170 e. The van der Waals surface area contributed by atoms with E-state index in [1.54, 1.807) is 0 Å². The number of benzene rings is 2. The Hall–Kier alpha value is -1.85. The zero-order valence-corrected chi connectivity index (χ0v) is 14.3. The van der Waals surface area contributed by atoms with Crippen LogP contribution in [0.15, 0.2) is 59.2 Å². The van der Waals surface area contributed by atoms with Crippen LogP contribution in [0.3, 0.4) is 0 Å². The highest BCUT2D eigenvalue weighted by atomic mass is 79.9. The highest BCUT2D eigenvalue weighted by molar-refractivity contribution is 9.10. The maximum Gasteiger partial charge on any atom is 0.170 e. The van der Waals surface area contributed by atoms with Crippen LogP contribution in [0.2, 0.25) is 0 Å². The number of H-pyrrole nitrogens is 1. The molecule has 5 heteroatoms. The lowest BCUT2D eigenvalue weighted by molar-refractivity contribution is 0.878. The number of aromatic nitrogens is 1. The van der Waals surface area contributed by atoms with Crippen molar-refractivity contribution in [3.8, 4) is 0 Å². The van der Waals surface area contributed by atoms with Crippen molar-refractivity contribution in [3.63, 3.8) is 0 Å². The van der Waals surface area contributed by atoms with E-state index < -0.39 is 0 Å². The monoisotopic (exact) mass is 373 g/mol. The van der Waals surface area contributed by atoms with Crippen LogP contribution in [0.1, 0.15) is 5.56 Å². The largest absolute Gasteiger partial charge is 0.362 e. The number of nitrogens with one attached hydrogen (secondary N) is 3. The van der Waals surface area contributed by atoms with Gasteiger partial charge in [0.2, 0.25) is 0 Å². The predicted octanol–water partition coefficient (Wildman–Crippen LogP) is 4.46. The number of anilines is 1. The molecule has 0 amide bonds. The molecule has 0 radical (unpaired) electrons. The predicted molar refractivity (Wildman–Crippen MR) is 100 cm³/mol. The van der Waals surface area contributed by atoms with Gasteiger partial charge < -0.3 is 15.6 Å². The van der Waals surface area contributed by atoms with Gasteiger partial charge >= 0.3 is 0 Å². The summed E-state index contributed by atoms with van der Waals surface area (Å²) >= 11 is 8.73. The first-order valence-electron chi connectivity index (χ1n) is 7.08. The Morgan fingerprint density at radius 3 is 2.68 bits per heavy atom. The van der Waals surface area contributed by atoms with Crippen LogP contribution < -0.4 is 10.6 Å². The highest BCUT2D eigenvalue weighted by Crippen LogP contribution is 2.17. The summed E-state index contributed by atoms with van der Waals surface area (Å²) in [5.74, 6) is 0. The third kappa shape index (κ3) is 3.67. The Labute approximate surface area is 143 Å². The van der Waals surface area contributed by atoms with Gasteiger partial charge in [-0.05, 0) is 54.5 Å². The van der Waals surface area contributed by atoms with Crippen molar-refractivity contribution in [2.45, 2.75) is 6.42 Å². The maximum atomic E-state index is 5.32. The van der Waals surface area contributed by atoms with Gasteiger partial charge in [-0.25, -0.2) is 0 Å². The van der Waals surface area contributed by atoms with Crippen LogP contribution >= 0.6 is 28.1 Å². The zero-order valence-electron chi connectivity index (χ0n) is 11.9. The van der Waals surface area contributed by atoms with Crippen molar-refractivity contribution in [1.29, 1.82) is 0 Å². The Morgan fingerprint density at radius 2 is 1.86 bits per heavy atom. The summed E-state index contributed by atoms with van der Waals surface area (Å²) in [5, 5.41) is 8.34. The Balaban J connectivity index is 1.52. The van der Waals surface area contributed by atoms with Gasteiger partial charge in [0, 0.05) is 33.8 Å². The standard InChI is InChI=1S/C17H16BrN3S/c18-13-5-7-14(8-6-13)21-17(22)19-10-9-12-11-20-16-4-2-1-3-15(12)16/h1-8,11,20H,9-10H2,(H2,19,21,22). The van der Waals surface area contributed by atoms with E-state index in [1.165, 1.54) is 16.5 Å². The molecule has 3 nitrogen and oxygen atoms in total. The van der Waals surface area contributed by atoms with Gasteiger partial charge in [-0.2, -0.15) is 0 Å². The summed E-state index contributed by atoms with van der Waals surface area (Å²) in [7, 11) is 0. The number of thiocarbonyl (C=S) groups is 1. The first-order chi connectivity index (χ1) is 10.7. The summed E-state index contributed by atoms with van der Waals surface area (Å²) in [6, 6.07) is 16.3. The lowest BCUT2D eigenvalue weighted by Crippen LogP contribution is -2.30. The molecule has 3 N–H and O–H groups in total. The lowest BCUT2D eigenvalue weighted by atomic mass is 10.1. The summed E-state index contributed by atoms with van der Waals surface area (Å²) < 4.78 is 1.05. The molecule has 0 unspecified atom stereocenters. The van der Waals surface area contributed by atoms with E-state index in [9.17, 15) is 0 Å². The van der Waals surface area contributed by atoms with Gasteiger partial charge in [0.1, 0.15) is 0 Å². The number of aromatic amines is 1. The van der Waals surface area contributed by atoms with Crippen molar-refractivity contribution >= 4 is 49.9 Å². The van der Waals surface area contributed by atoms with Crippen molar-refractivity contribution < 1.29 is 0 Å². The van der Waals surface area contributed by atoms with Gasteiger partial charge in [-0.3, -0.25) is 0 Å². The van der Waals surface area contributed by atoms with E-state index >= 15 is 0 Å². The van der Waals surface area contributed by atoms with Crippen molar-refractivity contribution in [2.75, 3.05) is 11.9 Å². The molecule has 0 aliphatic rings. The summed E-state index contributed by atoms with van der Waals surface area (Å²) in [6.45, 7) is 0.796. The molecule has 2 aromatic carbocycles. The molecule has 3 rings (SSSR count). The van der Waals surface area contributed by atoms with E-state index in [1.807, 2.05) is 30.3 Å². The van der Waals surface area contributed by atoms with Crippen LogP contribution in [-0.4, -0.2) is 16.6 Å². The molecule has 0 fully saturated rings. The van der Waals surface area contributed by atoms with Crippen LogP contribution in [0.25, 0.3) is 10.9 Å². The molecule has 0 saturated carbocycles. The van der Waals surface area contributed by atoms with Crippen LogP contribution in [0.4, 0.5) is 5.69 Å². The Morgan fingerprint density at radius 1 is 1.09 bits per heavy atom. The topological polar surface area (TPSA) is 39.9 Å². The molecule has 0 atom stereocenters. The maximum absolute atomic E-state index is 5.32. The average molecular weight is 374 g/mol. The quantitative estimate of drug-likeness (QED) is 0.591. The summed E-state index contributed by atoms with van der Waals surface area (Å²) in [5.41, 5.74) is 3.45. The number of fused-ring (bicyclic) bond motifs is 1.